The first-order chi connectivity index (χ1) is 23.8. The fourth-order valence-corrected chi connectivity index (χ4v) is 8.37. The molecule has 5 nitrogen and oxygen atoms in total. The molecule has 10 aromatic rings. The van der Waals surface area contributed by atoms with E-state index >= 15 is 0 Å². The van der Waals surface area contributed by atoms with E-state index in [0.717, 1.165) is 16.9 Å². The first kappa shape index (κ1) is 26.0. The van der Waals surface area contributed by atoms with Crippen LogP contribution in [-0.2, 0) is 0 Å². The van der Waals surface area contributed by atoms with E-state index in [-0.39, 0.29) is 12.3 Å². The molecule has 0 radical (unpaired) electrons. The lowest BCUT2D eigenvalue weighted by molar-refractivity contribution is 0.412. The topological polar surface area (TPSA) is 46.3 Å². The number of rotatable bonds is 3. The molecular formula is C43H29N5. The number of pyridine rings is 1. The normalized spacial score (nSPS) is 16.4. The van der Waals surface area contributed by atoms with Crippen LogP contribution < -0.4 is 10.6 Å². The lowest BCUT2D eigenvalue weighted by Crippen LogP contribution is -2.40. The summed E-state index contributed by atoms with van der Waals surface area (Å²) in [6, 6.07) is 52.4. The number of hydrogen-bond donors (Lipinski definition) is 2. The number of para-hydroxylation sites is 3. The van der Waals surface area contributed by atoms with E-state index in [1.165, 1.54) is 71.0 Å². The third kappa shape index (κ3) is 3.46. The van der Waals surface area contributed by atoms with Crippen molar-refractivity contribution >= 4 is 65.6 Å². The Hall–Kier alpha value is -6.17. The molecule has 48 heavy (non-hydrogen) atoms. The molecule has 226 valence electrons. The Morgan fingerprint density at radius 1 is 0.500 bits per heavy atom. The molecule has 11 rings (SSSR count). The molecule has 1 aliphatic heterocycles. The Balaban J connectivity index is 1.17. The summed E-state index contributed by atoms with van der Waals surface area (Å²) in [6.45, 7) is 0. The van der Waals surface area contributed by atoms with Crippen molar-refractivity contribution in [2.75, 3.05) is 5.32 Å². The zero-order chi connectivity index (χ0) is 31.3. The van der Waals surface area contributed by atoms with Crippen LogP contribution in [0.1, 0.15) is 23.6 Å². The summed E-state index contributed by atoms with van der Waals surface area (Å²) < 4.78 is 4.94. The van der Waals surface area contributed by atoms with Crippen LogP contribution in [0.5, 0.6) is 0 Å². The van der Waals surface area contributed by atoms with Gasteiger partial charge in [0.15, 0.2) is 6.29 Å². The van der Waals surface area contributed by atoms with Crippen molar-refractivity contribution in [1.82, 2.24) is 19.3 Å². The second kappa shape index (κ2) is 9.67. The van der Waals surface area contributed by atoms with Crippen molar-refractivity contribution in [2.24, 2.45) is 0 Å². The van der Waals surface area contributed by atoms with Gasteiger partial charge >= 0.3 is 0 Å². The van der Waals surface area contributed by atoms with Crippen molar-refractivity contribution in [3.63, 3.8) is 0 Å². The molecule has 6 aromatic carbocycles. The van der Waals surface area contributed by atoms with E-state index in [0.29, 0.717) is 0 Å². The van der Waals surface area contributed by atoms with Gasteiger partial charge in [-0.3, -0.25) is 10.3 Å². The van der Waals surface area contributed by atoms with Gasteiger partial charge in [-0.05, 0) is 52.9 Å². The zero-order valence-corrected chi connectivity index (χ0v) is 25.9. The number of hydrogen-bond acceptors (Lipinski definition) is 3. The van der Waals surface area contributed by atoms with Gasteiger partial charge in [-0.25, -0.2) is 0 Å². The lowest BCUT2D eigenvalue weighted by Gasteiger charge is -2.36. The standard InChI is InChI=1S/C43H29N5/c1-2-11-26(12-3-1)27-23-24-34(44-25-27)41-32-14-4-6-18-33(32)45-43(46-41)48-36-20-9-15-29-31-17-8-16-30-28-13-5-7-19-35(28)47(42(30)31)37-21-10-22-38(48)40(37)39(29)36/h1-25,41,43,45-46H. The van der Waals surface area contributed by atoms with Crippen molar-refractivity contribution in [3.8, 4) is 11.1 Å². The fourth-order valence-electron chi connectivity index (χ4n) is 8.37. The van der Waals surface area contributed by atoms with Crippen molar-refractivity contribution < 1.29 is 0 Å². The van der Waals surface area contributed by atoms with Crippen molar-refractivity contribution in [1.29, 1.82) is 0 Å². The van der Waals surface area contributed by atoms with Crippen LogP contribution in [0.4, 0.5) is 5.69 Å². The first-order valence-electron chi connectivity index (χ1n) is 16.5. The highest BCUT2D eigenvalue weighted by Gasteiger charge is 2.31. The van der Waals surface area contributed by atoms with Gasteiger partial charge in [-0.1, -0.05) is 109 Å². The molecule has 2 N–H and O–H groups in total. The second-order valence-electron chi connectivity index (χ2n) is 12.9. The molecule has 0 saturated heterocycles. The predicted octanol–water partition coefficient (Wildman–Crippen LogP) is 10.3. The summed E-state index contributed by atoms with van der Waals surface area (Å²) in [4.78, 5) is 5.04. The second-order valence-corrected chi connectivity index (χ2v) is 12.9. The van der Waals surface area contributed by atoms with Gasteiger partial charge in [0.1, 0.15) is 0 Å². The molecule has 5 heterocycles. The highest BCUT2D eigenvalue weighted by molar-refractivity contribution is 6.30. The minimum absolute atomic E-state index is 0.0993. The van der Waals surface area contributed by atoms with Crippen molar-refractivity contribution in [2.45, 2.75) is 12.3 Å². The molecule has 4 aromatic heterocycles. The summed E-state index contributed by atoms with van der Waals surface area (Å²) >= 11 is 0. The number of aromatic nitrogens is 3. The number of benzene rings is 6. The Labute approximate surface area is 276 Å². The summed E-state index contributed by atoms with van der Waals surface area (Å²) in [6.07, 6.45) is 1.78. The SMILES string of the molecule is c1ccc(-c2ccc(C3NC(n4c5cccc6c7cccc8c9ccccc9n(c9cccc4c9c65)c78)Nc4ccccc43)nc2)cc1. The van der Waals surface area contributed by atoms with Crippen molar-refractivity contribution in [3.05, 3.63) is 163 Å². The number of fused-ring (bicyclic) bond motifs is 6. The smallest absolute Gasteiger partial charge is 0.160 e. The maximum Gasteiger partial charge on any atom is 0.160 e. The summed E-state index contributed by atoms with van der Waals surface area (Å²) in [7, 11) is 0. The maximum atomic E-state index is 5.04. The Bertz CT molecular complexity index is 2850. The van der Waals surface area contributed by atoms with Crippen LogP contribution >= 0.6 is 0 Å². The van der Waals surface area contributed by atoms with Gasteiger partial charge in [0, 0.05) is 44.4 Å². The van der Waals surface area contributed by atoms with Crippen LogP contribution in [0.2, 0.25) is 0 Å². The Morgan fingerprint density at radius 3 is 2.04 bits per heavy atom. The van der Waals surface area contributed by atoms with E-state index in [1.807, 2.05) is 12.3 Å². The van der Waals surface area contributed by atoms with Gasteiger partial charge < -0.3 is 14.3 Å². The molecule has 0 bridgehead atoms. The number of nitrogens with zero attached hydrogens (tertiary/aromatic N) is 3. The van der Waals surface area contributed by atoms with Gasteiger partial charge in [-0.2, -0.15) is 0 Å². The zero-order valence-electron chi connectivity index (χ0n) is 25.9. The fraction of sp³-hybridized carbons (Fsp3) is 0.0465. The summed E-state index contributed by atoms with van der Waals surface area (Å²) in [5, 5.41) is 15.5. The molecule has 1 aliphatic rings. The predicted molar refractivity (Wildman–Crippen MR) is 198 cm³/mol. The van der Waals surface area contributed by atoms with E-state index in [4.69, 9.17) is 4.98 Å². The Kier molecular flexibility index (Phi) is 5.23. The van der Waals surface area contributed by atoms with Gasteiger partial charge in [0.2, 0.25) is 0 Å². The monoisotopic (exact) mass is 615 g/mol. The van der Waals surface area contributed by atoms with Crippen LogP contribution in [-0.4, -0.2) is 14.0 Å². The highest BCUT2D eigenvalue weighted by Crippen LogP contribution is 2.45. The van der Waals surface area contributed by atoms with Crippen LogP contribution in [0.25, 0.3) is 71.0 Å². The van der Waals surface area contributed by atoms with E-state index in [9.17, 15) is 0 Å². The van der Waals surface area contributed by atoms with E-state index < -0.39 is 0 Å². The molecule has 0 aliphatic carbocycles. The van der Waals surface area contributed by atoms with Gasteiger partial charge in [-0.15, -0.1) is 0 Å². The molecule has 5 heteroatoms. The molecule has 0 fully saturated rings. The maximum absolute atomic E-state index is 5.04. The molecule has 0 amide bonds. The molecule has 2 atom stereocenters. The summed E-state index contributed by atoms with van der Waals surface area (Å²) in [5.74, 6) is 0. The van der Waals surface area contributed by atoms with E-state index in [2.05, 4.69) is 159 Å². The number of nitrogens with one attached hydrogen (secondary N) is 2. The third-order valence-corrected chi connectivity index (χ3v) is 10.4. The highest BCUT2D eigenvalue weighted by atomic mass is 15.3. The van der Waals surface area contributed by atoms with Crippen LogP contribution in [0.15, 0.2) is 152 Å². The molecule has 0 spiro atoms. The molecule has 0 saturated carbocycles. The summed E-state index contributed by atoms with van der Waals surface area (Å²) in [5.41, 5.74) is 11.7. The average molecular weight is 616 g/mol. The van der Waals surface area contributed by atoms with Gasteiger partial charge in [0.25, 0.3) is 0 Å². The largest absolute Gasteiger partial charge is 0.352 e. The van der Waals surface area contributed by atoms with Crippen LogP contribution in [0.3, 0.4) is 0 Å². The Morgan fingerprint density at radius 2 is 1.17 bits per heavy atom. The first-order valence-corrected chi connectivity index (χ1v) is 16.5. The number of anilines is 1. The molecule has 2 unspecified atom stereocenters. The minimum Gasteiger partial charge on any atom is -0.352 e. The quantitative estimate of drug-likeness (QED) is 0.208. The average Bonchev–Trinajstić information content (AvgIpc) is 3.64. The van der Waals surface area contributed by atoms with E-state index in [1.54, 1.807) is 0 Å². The minimum atomic E-state index is -0.220. The van der Waals surface area contributed by atoms with Gasteiger partial charge in [0.05, 0.1) is 39.3 Å². The lowest BCUT2D eigenvalue weighted by atomic mass is 9.98. The molecular weight excluding hydrogens is 587 g/mol. The third-order valence-electron chi connectivity index (χ3n) is 10.4. The van der Waals surface area contributed by atoms with Crippen LogP contribution in [0, 0.1) is 0 Å².